The first kappa shape index (κ1) is 15.5. The maximum Gasteiger partial charge on any atom is 0.251 e. The maximum absolute atomic E-state index is 13.8. The lowest BCUT2D eigenvalue weighted by atomic mass is 10.0. The summed E-state index contributed by atoms with van der Waals surface area (Å²) in [5, 5.41) is 2.84. The average Bonchev–Trinajstić information content (AvgIpc) is 2.52. The van der Waals surface area contributed by atoms with Gasteiger partial charge in [-0.15, -0.1) is 0 Å². The van der Waals surface area contributed by atoms with Gasteiger partial charge in [0.1, 0.15) is 5.82 Å². The molecule has 0 spiro atoms. The highest BCUT2D eigenvalue weighted by molar-refractivity contribution is 5.94. The standard InChI is InChI=1S/C16H19FN2O2/c17-15-10-14(4-3-13(15)2-1-7-18)16(20)19-11-12-5-8-21-9-6-12/h3-4,10,12H,5-9,11,18H2,(H,19,20). The zero-order valence-corrected chi connectivity index (χ0v) is 11.8. The fourth-order valence-electron chi connectivity index (χ4n) is 2.19. The van der Waals surface area contributed by atoms with Gasteiger partial charge in [0, 0.05) is 25.3 Å². The fourth-order valence-corrected chi connectivity index (χ4v) is 2.19. The molecule has 21 heavy (non-hydrogen) atoms. The molecule has 0 aliphatic carbocycles. The van der Waals surface area contributed by atoms with Crippen molar-refractivity contribution in [2.45, 2.75) is 12.8 Å². The van der Waals surface area contributed by atoms with Crippen molar-refractivity contribution in [1.29, 1.82) is 0 Å². The van der Waals surface area contributed by atoms with Crippen LogP contribution in [0.25, 0.3) is 0 Å². The Balaban J connectivity index is 1.94. The van der Waals surface area contributed by atoms with E-state index in [4.69, 9.17) is 10.5 Å². The molecule has 1 heterocycles. The summed E-state index contributed by atoms with van der Waals surface area (Å²) in [6.45, 7) is 2.25. The van der Waals surface area contributed by atoms with E-state index in [1.165, 1.54) is 12.1 Å². The average molecular weight is 290 g/mol. The van der Waals surface area contributed by atoms with Crippen LogP contribution in [0.1, 0.15) is 28.8 Å². The predicted octanol–water partition coefficient (Wildman–Crippen LogP) is 1.29. The molecule has 1 aliphatic heterocycles. The smallest absolute Gasteiger partial charge is 0.251 e. The summed E-state index contributed by atoms with van der Waals surface area (Å²) < 4.78 is 19.1. The van der Waals surface area contributed by atoms with E-state index < -0.39 is 5.82 Å². The van der Waals surface area contributed by atoms with Gasteiger partial charge in [-0.2, -0.15) is 0 Å². The molecule has 0 radical (unpaired) electrons. The Bertz CT molecular complexity index is 557. The minimum absolute atomic E-state index is 0.173. The molecule has 1 amide bonds. The normalized spacial score (nSPS) is 15.1. The third-order valence-electron chi connectivity index (χ3n) is 3.45. The first-order chi connectivity index (χ1) is 10.2. The molecule has 1 fully saturated rings. The van der Waals surface area contributed by atoms with Gasteiger partial charge in [0.2, 0.25) is 0 Å². The van der Waals surface area contributed by atoms with Crippen LogP contribution in [0.15, 0.2) is 18.2 Å². The van der Waals surface area contributed by atoms with Crippen molar-refractivity contribution in [1.82, 2.24) is 5.32 Å². The van der Waals surface area contributed by atoms with Crippen LogP contribution in [0.4, 0.5) is 4.39 Å². The van der Waals surface area contributed by atoms with Crippen molar-refractivity contribution in [2.24, 2.45) is 11.7 Å². The van der Waals surface area contributed by atoms with Crippen LogP contribution < -0.4 is 11.1 Å². The topological polar surface area (TPSA) is 64.4 Å². The zero-order valence-electron chi connectivity index (χ0n) is 11.8. The van der Waals surface area contributed by atoms with Crippen LogP contribution in [0.3, 0.4) is 0 Å². The highest BCUT2D eigenvalue weighted by Gasteiger charge is 2.15. The lowest BCUT2D eigenvalue weighted by Gasteiger charge is -2.22. The van der Waals surface area contributed by atoms with Crippen LogP contribution >= 0.6 is 0 Å². The number of nitrogens with one attached hydrogen (secondary N) is 1. The summed E-state index contributed by atoms with van der Waals surface area (Å²) in [7, 11) is 0. The van der Waals surface area contributed by atoms with Gasteiger partial charge in [0.05, 0.1) is 12.1 Å². The molecule has 0 aromatic heterocycles. The van der Waals surface area contributed by atoms with E-state index in [0.29, 0.717) is 18.0 Å². The van der Waals surface area contributed by atoms with Crippen LogP contribution in [0.2, 0.25) is 0 Å². The molecule has 2 rings (SSSR count). The van der Waals surface area contributed by atoms with Crippen LogP contribution in [0, 0.1) is 23.6 Å². The Kier molecular flexibility index (Phi) is 5.73. The Morgan fingerprint density at radius 2 is 2.19 bits per heavy atom. The van der Waals surface area contributed by atoms with Gasteiger partial charge in [0.15, 0.2) is 0 Å². The molecule has 0 unspecified atom stereocenters. The summed E-state index contributed by atoms with van der Waals surface area (Å²) in [5.41, 5.74) is 5.80. The number of nitrogens with two attached hydrogens (primary N) is 1. The summed E-state index contributed by atoms with van der Waals surface area (Å²) in [4.78, 5) is 12.0. The number of hydrogen-bond acceptors (Lipinski definition) is 3. The molecule has 0 bridgehead atoms. The molecular formula is C16H19FN2O2. The van der Waals surface area contributed by atoms with Crippen molar-refractivity contribution < 1.29 is 13.9 Å². The van der Waals surface area contributed by atoms with Gasteiger partial charge < -0.3 is 15.8 Å². The second kappa shape index (κ2) is 7.77. The number of carbonyl (C=O) groups is 1. The Labute approximate surface area is 123 Å². The van der Waals surface area contributed by atoms with E-state index in [9.17, 15) is 9.18 Å². The quantitative estimate of drug-likeness (QED) is 0.825. The van der Waals surface area contributed by atoms with Gasteiger partial charge in [-0.05, 0) is 37.0 Å². The monoisotopic (exact) mass is 290 g/mol. The van der Waals surface area contributed by atoms with Crippen molar-refractivity contribution in [3.63, 3.8) is 0 Å². The summed E-state index contributed by atoms with van der Waals surface area (Å²) in [6, 6.07) is 4.28. The zero-order chi connectivity index (χ0) is 15.1. The number of halogens is 1. The summed E-state index contributed by atoms with van der Waals surface area (Å²) >= 11 is 0. The molecule has 1 aliphatic rings. The molecule has 1 aromatic rings. The molecule has 3 N–H and O–H groups in total. The van der Waals surface area contributed by atoms with Crippen LogP contribution in [-0.2, 0) is 4.74 Å². The maximum atomic E-state index is 13.8. The lowest BCUT2D eigenvalue weighted by molar-refractivity contribution is 0.0642. The number of benzene rings is 1. The largest absolute Gasteiger partial charge is 0.381 e. The molecule has 0 atom stereocenters. The highest BCUT2D eigenvalue weighted by Crippen LogP contribution is 2.14. The minimum Gasteiger partial charge on any atom is -0.381 e. The molecule has 5 heteroatoms. The van der Waals surface area contributed by atoms with Crippen molar-refractivity contribution in [3.05, 3.63) is 35.1 Å². The number of ether oxygens (including phenoxy) is 1. The van der Waals surface area contributed by atoms with Crippen LogP contribution in [-0.4, -0.2) is 32.2 Å². The SMILES string of the molecule is NCC#Cc1ccc(C(=O)NCC2CCOCC2)cc1F. The number of hydrogen-bond donors (Lipinski definition) is 2. The molecular weight excluding hydrogens is 271 g/mol. The second-order valence-electron chi connectivity index (χ2n) is 4.97. The summed E-state index contributed by atoms with van der Waals surface area (Å²) in [5.74, 6) is 4.88. The predicted molar refractivity (Wildman–Crippen MR) is 78.2 cm³/mol. The van der Waals surface area contributed by atoms with E-state index in [1.54, 1.807) is 6.07 Å². The fraction of sp³-hybridized carbons (Fsp3) is 0.438. The van der Waals surface area contributed by atoms with Gasteiger partial charge in [0.25, 0.3) is 5.91 Å². The first-order valence-corrected chi connectivity index (χ1v) is 7.05. The van der Waals surface area contributed by atoms with Crippen molar-refractivity contribution in [2.75, 3.05) is 26.3 Å². The van der Waals surface area contributed by atoms with Gasteiger partial charge in [-0.3, -0.25) is 4.79 Å². The Morgan fingerprint density at radius 3 is 2.86 bits per heavy atom. The van der Waals surface area contributed by atoms with E-state index >= 15 is 0 Å². The van der Waals surface area contributed by atoms with E-state index in [0.717, 1.165) is 26.1 Å². The van der Waals surface area contributed by atoms with Gasteiger partial charge in [-0.1, -0.05) is 11.8 Å². The van der Waals surface area contributed by atoms with Gasteiger partial charge in [-0.25, -0.2) is 4.39 Å². The van der Waals surface area contributed by atoms with Gasteiger partial charge >= 0.3 is 0 Å². The summed E-state index contributed by atoms with van der Waals surface area (Å²) in [6.07, 6.45) is 1.89. The van der Waals surface area contributed by atoms with E-state index in [1.807, 2.05) is 0 Å². The Hall–Kier alpha value is -1.90. The lowest BCUT2D eigenvalue weighted by Crippen LogP contribution is -2.32. The number of carbonyl (C=O) groups excluding carboxylic acids is 1. The van der Waals surface area contributed by atoms with Crippen molar-refractivity contribution in [3.8, 4) is 11.8 Å². The third kappa shape index (κ3) is 4.55. The van der Waals surface area contributed by atoms with E-state index in [-0.39, 0.29) is 18.0 Å². The number of rotatable bonds is 3. The molecule has 1 aromatic carbocycles. The molecule has 4 nitrogen and oxygen atoms in total. The molecule has 0 saturated carbocycles. The third-order valence-corrected chi connectivity index (χ3v) is 3.45. The number of amides is 1. The highest BCUT2D eigenvalue weighted by atomic mass is 19.1. The second-order valence-corrected chi connectivity index (χ2v) is 4.97. The molecule has 1 saturated heterocycles. The van der Waals surface area contributed by atoms with Crippen LogP contribution in [0.5, 0.6) is 0 Å². The first-order valence-electron chi connectivity index (χ1n) is 7.05. The van der Waals surface area contributed by atoms with E-state index in [2.05, 4.69) is 17.2 Å². The Morgan fingerprint density at radius 1 is 1.43 bits per heavy atom. The van der Waals surface area contributed by atoms with Crippen molar-refractivity contribution >= 4 is 5.91 Å². The molecule has 112 valence electrons. The minimum atomic E-state index is -0.505.